The molecule has 0 bridgehead atoms. The van der Waals surface area contributed by atoms with Gasteiger partial charge in [-0.05, 0) is 17.7 Å². The van der Waals surface area contributed by atoms with Crippen LogP contribution in [0, 0.1) is 0 Å². The Morgan fingerprint density at radius 1 is 0.767 bits per heavy atom. The SMILES string of the molecule is CO[C@H]1O[C@@H]2COC(c3ccccc3)O[C@H]2[C@H](O[C@H]2O[C@H](COC(=O)c3ccccc3)[C@@H]3O[C@H]23)[C@H]1OCc1ccccc1. The summed E-state index contributed by atoms with van der Waals surface area (Å²) >= 11 is 0. The predicted octanol–water partition coefficient (Wildman–Crippen LogP) is 3.79. The van der Waals surface area contributed by atoms with Gasteiger partial charge in [-0.2, -0.15) is 0 Å². The van der Waals surface area contributed by atoms with Crippen LogP contribution in [0.1, 0.15) is 27.8 Å². The number of esters is 1. The first kappa shape index (κ1) is 28.6. The average molecular weight is 591 g/mol. The number of epoxide rings is 1. The summed E-state index contributed by atoms with van der Waals surface area (Å²) in [5.74, 6) is -0.419. The van der Waals surface area contributed by atoms with Gasteiger partial charge in [-0.15, -0.1) is 0 Å². The molecule has 10 nitrogen and oxygen atoms in total. The summed E-state index contributed by atoms with van der Waals surface area (Å²) < 4.78 is 55.3. The van der Waals surface area contributed by atoms with E-state index in [0.29, 0.717) is 12.2 Å². The van der Waals surface area contributed by atoms with E-state index < -0.39 is 55.4 Å². The Kier molecular flexibility index (Phi) is 8.51. The van der Waals surface area contributed by atoms with Gasteiger partial charge in [0, 0.05) is 12.7 Å². The summed E-state index contributed by atoms with van der Waals surface area (Å²) in [4.78, 5) is 12.5. The molecule has 4 fully saturated rings. The molecular weight excluding hydrogens is 556 g/mol. The highest BCUT2D eigenvalue weighted by Crippen LogP contribution is 2.43. The van der Waals surface area contributed by atoms with Gasteiger partial charge in [-0.25, -0.2) is 4.79 Å². The van der Waals surface area contributed by atoms with E-state index in [-0.39, 0.29) is 25.4 Å². The lowest BCUT2D eigenvalue weighted by Gasteiger charge is -2.49. The number of methoxy groups -OCH3 is 1. The Labute approximate surface area is 249 Å². The van der Waals surface area contributed by atoms with Gasteiger partial charge >= 0.3 is 5.97 Å². The zero-order valence-corrected chi connectivity index (χ0v) is 23.6. The van der Waals surface area contributed by atoms with E-state index in [4.69, 9.17) is 42.6 Å². The van der Waals surface area contributed by atoms with Crippen LogP contribution in [0.4, 0.5) is 0 Å². The maximum atomic E-state index is 12.5. The molecule has 3 aromatic carbocycles. The van der Waals surface area contributed by atoms with Crippen LogP contribution in [0.25, 0.3) is 0 Å². The van der Waals surface area contributed by atoms with Gasteiger partial charge in [0.05, 0.1) is 18.8 Å². The summed E-state index contributed by atoms with van der Waals surface area (Å²) in [5, 5.41) is 0. The molecular formula is C33H34O10. The second kappa shape index (κ2) is 12.8. The Morgan fingerprint density at radius 2 is 1.49 bits per heavy atom. The van der Waals surface area contributed by atoms with Crippen molar-refractivity contribution in [3.8, 4) is 0 Å². The van der Waals surface area contributed by atoms with E-state index in [1.807, 2.05) is 66.7 Å². The lowest BCUT2D eigenvalue weighted by molar-refractivity contribution is -0.381. The number of fused-ring (bicyclic) bond motifs is 2. The van der Waals surface area contributed by atoms with Crippen LogP contribution in [0.5, 0.6) is 0 Å². The summed E-state index contributed by atoms with van der Waals surface area (Å²) in [7, 11) is 1.57. The zero-order valence-electron chi connectivity index (χ0n) is 23.6. The molecule has 4 saturated heterocycles. The minimum absolute atomic E-state index is 0.0453. The van der Waals surface area contributed by atoms with Crippen molar-refractivity contribution in [2.45, 2.75) is 68.2 Å². The number of benzene rings is 3. The number of hydrogen-bond donors (Lipinski definition) is 0. The Bertz CT molecular complexity index is 1340. The van der Waals surface area contributed by atoms with Gasteiger partial charge in [-0.1, -0.05) is 78.9 Å². The molecule has 10 atom stereocenters. The standard InChI is InChI=1S/C33H34O10/c1-35-32-28(36-17-20-11-5-2-6-12-20)27(25-24(39-32)19-38-31(42-25)22-15-9-4-10-16-22)43-33-29-26(41-29)23(40-33)18-37-30(34)21-13-7-3-8-14-21/h2-16,23-29,31-33H,17-19H2,1H3/t23-,24-,25-,26+,27+,28-,29+,31?,32+,33-/m1/s1. The first-order valence-corrected chi connectivity index (χ1v) is 14.5. The lowest BCUT2D eigenvalue weighted by Crippen LogP contribution is -2.64. The third-order valence-corrected chi connectivity index (χ3v) is 8.06. The largest absolute Gasteiger partial charge is 0.459 e. The van der Waals surface area contributed by atoms with Crippen LogP contribution in [0.15, 0.2) is 91.0 Å². The van der Waals surface area contributed by atoms with Crippen molar-refractivity contribution in [1.29, 1.82) is 0 Å². The highest BCUT2D eigenvalue weighted by atomic mass is 16.8. The molecule has 7 rings (SSSR count). The molecule has 4 aliphatic rings. The van der Waals surface area contributed by atoms with E-state index in [2.05, 4.69) is 0 Å². The topological polar surface area (TPSA) is 103 Å². The van der Waals surface area contributed by atoms with E-state index in [1.165, 1.54) is 0 Å². The number of carbonyl (C=O) groups excluding carboxylic acids is 1. The second-order valence-electron chi connectivity index (χ2n) is 10.9. The zero-order chi connectivity index (χ0) is 29.2. The van der Waals surface area contributed by atoms with Gasteiger partial charge < -0.3 is 42.6 Å². The molecule has 0 N–H and O–H groups in total. The Balaban J connectivity index is 1.08. The van der Waals surface area contributed by atoms with Gasteiger partial charge in [0.25, 0.3) is 0 Å². The number of ether oxygens (including phenoxy) is 9. The molecule has 0 amide bonds. The normalized spacial score (nSPS) is 34.6. The van der Waals surface area contributed by atoms with E-state index in [9.17, 15) is 4.79 Å². The average Bonchev–Trinajstić information content (AvgIpc) is 3.80. The van der Waals surface area contributed by atoms with Crippen molar-refractivity contribution in [2.75, 3.05) is 20.3 Å². The molecule has 0 radical (unpaired) electrons. The Morgan fingerprint density at radius 3 is 2.23 bits per heavy atom. The summed E-state index contributed by atoms with van der Waals surface area (Å²) in [6, 6.07) is 28.4. The molecule has 0 saturated carbocycles. The number of carbonyl (C=O) groups is 1. The summed E-state index contributed by atoms with van der Waals surface area (Å²) in [6.45, 7) is 0.641. The Hall–Kier alpha value is -3.19. The fourth-order valence-corrected chi connectivity index (χ4v) is 5.81. The van der Waals surface area contributed by atoms with E-state index >= 15 is 0 Å². The summed E-state index contributed by atoms with van der Waals surface area (Å²) in [5.41, 5.74) is 2.36. The monoisotopic (exact) mass is 590 g/mol. The van der Waals surface area contributed by atoms with Crippen LogP contribution in [-0.4, -0.2) is 81.6 Å². The third-order valence-electron chi connectivity index (χ3n) is 8.06. The van der Waals surface area contributed by atoms with Gasteiger partial charge in [-0.3, -0.25) is 0 Å². The van der Waals surface area contributed by atoms with Crippen molar-refractivity contribution < 1.29 is 47.4 Å². The maximum Gasteiger partial charge on any atom is 0.338 e. The van der Waals surface area contributed by atoms with E-state index in [1.54, 1.807) is 31.4 Å². The fourth-order valence-electron chi connectivity index (χ4n) is 5.81. The van der Waals surface area contributed by atoms with Gasteiger partial charge in [0.1, 0.15) is 49.3 Å². The fraction of sp³-hybridized carbons (Fsp3) is 0.424. The molecule has 0 aliphatic carbocycles. The molecule has 226 valence electrons. The first-order chi connectivity index (χ1) is 21.2. The molecule has 43 heavy (non-hydrogen) atoms. The van der Waals surface area contributed by atoms with Crippen molar-refractivity contribution in [3.05, 3.63) is 108 Å². The van der Waals surface area contributed by atoms with Crippen LogP contribution in [0.2, 0.25) is 0 Å². The van der Waals surface area contributed by atoms with Crippen molar-refractivity contribution >= 4 is 5.97 Å². The smallest absolute Gasteiger partial charge is 0.338 e. The van der Waals surface area contributed by atoms with Crippen LogP contribution in [0.3, 0.4) is 0 Å². The lowest BCUT2D eigenvalue weighted by atomic mass is 9.97. The number of rotatable bonds is 10. The van der Waals surface area contributed by atoms with Gasteiger partial charge in [0.15, 0.2) is 18.9 Å². The molecule has 4 heterocycles. The maximum absolute atomic E-state index is 12.5. The molecule has 1 unspecified atom stereocenters. The van der Waals surface area contributed by atoms with E-state index in [0.717, 1.165) is 11.1 Å². The molecule has 3 aromatic rings. The molecule has 0 spiro atoms. The number of hydrogen-bond acceptors (Lipinski definition) is 10. The minimum Gasteiger partial charge on any atom is -0.459 e. The quantitative estimate of drug-likeness (QED) is 0.256. The van der Waals surface area contributed by atoms with Gasteiger partial charge in [0.2, 0.25) is 0 Å². The highest BCUT2D eigenvalue weighted by Gasteiger charge is 2.62. The van der Waals surface area contributed by atoms with Crippen LogP contribution >= 0.6 is 0 Å². The highest BCUT2D eigenvalue weighted by molar-refractivity contribution is 5.89. The molecule has 0 aromatic heterocycles. The molecule has 4 aliphatic heterocycles. The van der Waals surface area contributed by atoms with Crippen LogP contribution in [-0.2, 0) is 49.2 Å². The van der Waals surface area contributed by atoms with Crippen molar-refractivity contribution in [2.24, 2.45) is 0 Å². The van der Waals surface area contributed by atoms with Crippen molar-refractivity contribution in [1.82, 2.24) is 0 Å². The first-order valence-electron chi connectivity index (χ1n) is 14.5. The minimum atomic E-state index is -0.740. The van der Waals surface area contributed by atoms with Crippen molar-refractivity contribution in [3.63, 3.8) is 0 Å². The summed E-state index contributed by atoms with van der Waals surface area (Å²) in [6.07, 6.45) is -5.40. The third kappa shape index (κ3) is 6.24. The predicted molar refractivity (Wildman–Crippen MR) is 150 cm³/mol. The second-order valence-corrected chi connectivity index (χ2v) is 10.9. The molecule has 10 heteroatoms. The van der Waals surface area contributed by atoms with Crippen LogP contribution < -0.4 is 0 Å².